The summed E-state index contributed by atoms with van der Waals surface area (Å²) in [5, 5.41) is 3.05. The first kappa shape index (κ1) is 26.2. The van der Waals surface area contributed by atoms with E-state index in [-0.39, 0.29) is 17.9 Å². The first-order chi connectivity index (χ1) is 15.8. The molecule has 180 valence electrons. The fraction of sp³-hybridized carbons (Fsp3) is 0.481. The second-order valence-corrected chi connectivity index (χ2v) is 8.44. The lowest BCUT2D eigenvalue weighted by Gasteiger charge is -2.31. The molecule has 6 nitrogen and oxygen atoms in total. The van der Waals surface area contributed by atoms with Gasteiger partial charge < -0.3 is 19.7 Å². The van der Waals surface area contributed by atoms with E-state index in [0.29, 0.717) is 37.3 Å². The molecular formula is C27H38N2O4. The van der Waals surface area contributed by atoms with Crippen molar-refractivity contribution in [3.05, 3.63) is 59.2 Å². The van der Waals surface area contributed by atoms with Gasteiger partial charge in [0.1, 0.15) is 6.04 Å². The van der Waals surface area contributed by atoms with Crippen LogP contribution in [0.1, 0.15) is 56.7 Å². The third-order valence-electron chi connectivity index (χ3n) is 5.90. The summed E-state index contributed by atoms with van der Waals surface area (Å²) >= 11 is 0. The maximum absolute atomic E-state index is 13.4. The molecule has 2 atom stereocenters. The number of carbonyl (C=O) groups is 2. The zero-order valence-corrected chi connectivity index (χ0v) is 20.8. The van der Waals surface area contributed by atoms with Crippen molar-refractivity contribution < 1.29 is 19.1 Å². The summed E-state index contributed by atoms with van der Waals surface area (Å²) in [6.45, 7) is 8.39. The van der Waals surface area contributed by atoms with E-state index in [4.69, 9.17) is 9.47 Å². The molecule has 0 fully saturated rings. The molecule has 0 saturated carbocycles. The van der Waals surface area contributed by atoms with Gasteiger partial charge in [0.2, 0.25) is 11.8 Å². The Morgan fingerprint density at radius 3 is 2.30 bits per heavy atom. The van der Waals surface area contributed by atoms with Gasteiger partial charge in [-0.3, -0.25) is 9.59 Å². The van der Waals surface area contributed by atoms with Crippen molar-refractivity contribution in [1.29, 1.82) is 0 Å². The van der Waals surface area contributed by atoms with Crippen LogP contribution in [0.5, 0.6) is 11.5 Å². The molecule has 0 unspecified atom stereocenters. The van der Waals surface area contributed by atoms with Gasteiger partial charge in [0, 0.05) is 19.0 Å². The van der Waals surface area contributed by atoms with Gasteiger partial charge in [0.25, 0.3) is 0 Å². The number of nitrogens with one attached hydrogen (secondary N) is 1. The molecule has 0 aliphatic heterocycles. The molecular weight excluding hydrogens is 416 g/mol. The first-order valence-electron chi connectivity index (χ1n) is 11.7. The van der Waals surface area contributed by atoms with Crippen molar-refractivity contribution >= 4 is 11.8 Å². The minimum atomic E-state index is -0.516. The van der Waals surface area contributed by atoms with Gasteiger partial charge in [-0.25, -0.2) is 0 Å². The minimum absolute atomic E-state index is 0.0440. The fourth-order valence-corrected chi connectivity index (χ4v) is 3.80. The molecule has 33 heavy (non-hydrogen) atoms. The lowest BCUT2D eigenvalue weighted by molar-refractivity contribution is -0.141. The highest BCUT2D eigenvalue weighted by Crippen LogP contribution is 2.28. The Bertz CT molecular complexity index is 928. The maximum Gasteiger partial charge on any atom is 0.243 e. The van der Waals surface area contributed by atoms with Crippen LogP contribution in [-0.2, 0) is 22.6 Å². The number of ether oxygens (including phenoxy) is 2. The van der Waals surface area contributed by atoms with Gasteiger partial charge >= 0.3 is 0 Å². The van der Waals surface area contributed by atoms with Crippen molar-refractivity contribution in [3.63, 3.8) is 0 Å². The molecule has 1 N–H and O–H groups in total. The van der Waals surface area contributed by atoms with Gasteiger partial charge in [-0.15, -0.1) is 0 Å². The average molecular weight is 455 g/mol. The summed E-state index contributed by atoms with van der Waals surface area (Å²) < 4.78 is 10.7. The van der Waals surface area contributed by atoms with Gasteiger partial charge in [-0.1, -0.05) is 49.7 Å². The normalized spacial score (nSPS) is 12.5. The van der Waals surface area contributed by atoms with E-state index in [2.05, 4.69) is 11.4 Å². The van der Waals surface area contributed by atoms with E-state index in [1.54, 1.807) is 19.1 Å². The maximum atomic E-state index is 13.4. The Labute approximate surface area is 198 Å². The largest absolute Gasteiger partial charge is 0.493 e. The highest BCUT2D eigenvalue weighted by Gasteiger charge is 2.29. The average Bonchev–Trinajstić information content (AvgIpc) is 2.81. The summed E-state index contributed by atoms with van der Waals surface area (Å²) in [5.41, 5.74) is 3.13. The van der Waals surface area contributed by atoms with Crippen LogP contribution < -0.4 is 14.8 Å². The van der Waals surface area contributed by atoms with E-state index in [1.165, 1.54) is 0 Å². The van der Waals surface area contributed by atoms with E-state index in [9.17, 15) is 9.59 Å². The number of amides is 2. The van der Waals surface area contributed by atoms with E-state index >= 15 is 0 Å². The van der Waals surface area contributed by atoms with Crippen LogP contribution in [0.3, 0.4) is 0 Å². The molecule has 0 spiro atoms. The van der Waals surface area contributed by atoms with Crippen molar-refractivity contribution in [2.75, 3.05) is 14.2 Å². The molecule has 0 aliphatic rings. The Kier molecular flexibility index (Phi) is 10.2. The molecule has 2 aromatic rings. The van der Waals surface area contributed by atoms with Gasteiger partial charge in [-0.2, -0.15) is 0 Å². The van der Waals surface area contributed by atoms with Crippen LogP contribution >= 0.6 is 0 Å². The predicted molar refractivity (Wildman–Crippen MR) is 132 cm³/mol. The molecule has 0 bridgehead atoms. The highest BCUT2D eigenvalue weighted by atomic mass is 16.5. The van der Waals surface area contributed by atoms with Crippen LogP contribution in [-0.4, -0.2) is 43.0 Å². The SMILES string of the molecule is CC[C@@H](C)NC(=O)[C@H](CC)N(Cc1cccc(C)c1)C(=O)CCc1ccc(OC)c(OC)c1. The summed E-state index contributed by atoms with van der Waals surface area (Å²) in [4.78, 5) is 28.2. The van der Waals surface area contributed by atoms with Crippen molar-refractivity contribution in [1.82, 2.24) is 10.2 Å². The Morgan fingerprint density at radius 2 is 1.70 bits per heavy atom. The number of nitrogens with zero attached hydrogens (tertiary/aromatic N) is 1. The Morgan fingerprint density at radius 1 is 0.970 bits per heavy atom. The fourth-order valence-electron chi connectivity index (χ4n) is 3.80. The van der Waals surface area contributed by atoms with Gasteiger partial charge in [0.05, 0.1) is 14.2 Å². The summed E-state index contributed by atoms with van der Waals surface area (Å²) in [6, 6.07) is 13.3. The molecule has 0 aliphatic carbocycles. The number of aryl methyl sites for hydroxylation is 2. The minimum Gasteiger partial charge on any atom is -0.493 e. The third kappa shape index (κ3) is 7.52. The molecule has 0 heterocycles. The highest BCUT2D eigenvalue weighted by molar-refractivity contribution is 5.88. The van der Waals surface area contributed by atoms with Crippen LogP contribution in [0.2, 0.25) is 0 Å². The quantitative estimate of drug-likeness (QED) is 0.506. The standard InChI is InChI=1S/C27H38N2O4/c1-7-20(4)28-27(31)23(8-2)29(18-22-11-9-10-19(3)16-22)26(30)15-13-21-12-14-24(32-5)25(17-21)33-6/h9-12,14,16-17,20,23H,7-8,13,15,18H2,1-6H3,(H,28,31)/t20-,23+/m1/s1. The number of rotatable bonds is 12. The van der Waals surface area contributed by atoms with Gasteiger partial charge in [-0.05, 0) is 56.4 Å². The zero-order chi connectivity index (χ0) is 24.4. The monoisotopic (exact) mass is 454 g/mol. The Balaban J connectivity index is 2.23. The first-order valence-corrected chi connectivity index (χ1v) is 11.7. The smallest absolute Gasteiger partial charge is 0.243 e. The summed E-state index contributed by atoms with van der Waals surface area (Å²) in [5.74, 6) is 1.15. The second kappa shape index (κ2) is 12.9. The number of benzene rings is 2. The second-order valence-electron chi connectivity index (χ2n) is 8.44. The van der Waals surface area contributed by atoms with Crippen LogP contribution in [0.4, 0.5) is 0 Å². The number of hydrogen-bond donors (Lipinski definition) is 1. The van der Waals surface area contributed by atoms with Crippen molar-refractivity contribution in [3.8, 4) is 11.5 Å². The lowest BCUT2D eigenvalue weighted by atomic mass is 10.0. The molecule has 2 aromatic carbocycles. The van der Waals surface area contributed by atoms with E-state index in [1.807, 2.05) is 64.1 Å². The van der Waals surface area contributed by atoms with Crippen molar-refractivity contribution in [2.24, 2.45) is 0 Å². The van der Waals surface area contributed by atoms with Crippen LogP contribution in [0, 0.1) is 6.92 Å². The third-order valence-corrected chi connectivity index (χ3v) is 5.90. The number of methoxy groups -OCH3 is 2. The molecule has 6 heteroatoms. The zero-order valence-electron chi connectivity index (χ0n) is 20.8. The predicted octanol–water partition coefficient (Wildman–Crippen LogP) is 4.67. The van der Waals surface area contributed by atoms with Crippen molar-refractivity contribution in [2.45, 2.75) is 72.0 Å². The lowest BCUT2D eigenvalue weighted by Crippen LogP contribution is -2.50. The topological polar surface area (TPSA) is 67.9 Å². The number of hydrogen-bond acceptors (Lipinski definition) is 4. The molecule has 2 rings (SSSR count). The van der Waals surface area contributed by atoms with Gasteiger partial charge in [0.15, 0.2) is 11.5 Å². The van der Waals surface area contributed by atoms with E-state index < -0.39 is 6.04 Å². The van der Waals surface area contributed by atoms with Crippen LogP contribution in [0.15, 0.2) is 42.5 Å². The summed E-state index contributed by atoms with van der Waals surface area (Å²) in [6.07, 6.45) is 2.24. The molecule has 2 amide bonds. The Hall–Kier alpha value is -3.02. The molecule has 0 aromatic heterocycles. The number of carbonyl (C=O) groups excluding carboxylic acids is 2. The molecule has 0 saturated heterocycles. The molecule has 0 radical (unpaired) electrons. The van der Waals surface area contributed by atoms with Crippen LogP contribution in [0.25, 0.3) is 0 Å². The summed E-state index contributed by atoms with van der Waals surface area (Å²) in [7, 11) is 3.19. The van der Waals surface area contributed by atoms with E-state index in [0.717, 1.165) is 23.1 Å².